The molecule has 1 aromatic carbocycles. The molecular weight excluding hydrogens is 218 g/mol. The zero-order chi connectivity index (χ0) is 13.1. The van der Waals surface area contributed by atoms with Crippen LogP contribution in [0.15, 0.2) is 24.3 Å². The largest absolute Gasteiger partial charge is 0.314 e. The monoisotopic (exact) mass is 245 g/mol. The van der Waals surface area contributed by atoms with Crippen molar-refractivity contribution in [2.45, 2.75) is 52.5 Å². The van der Waals surface area contributed by atoms with Crippen LogP contribution in [0.4, 0.5) is 0 Å². The van der Waals surface area contributed by atoms with Crippen molar-refractivity contribution in [2.75, 3.05) is 6.54 Å². The van der Waals surface area contributed by atoms with Crippen molar-refractivity contribution in [3.8, 4) is 0 Å². The van der Waals surface area contributed by atoms with Gasteiger partial charge in [0.25, 0.3) is 0 Å². The first-order valence-electron chi connectivity index (χ1n) is 7.44. The van der Waals surface area contributed by atoms with E-state index in [1.54, 1.807) is 11.1 Å². The lowest BCUT2D eigenvalue weighted by Crippen LogP contribution is -2.39. The third kappa shape index (κ3) is 2.77. The summed E-state index contributed by atoms with van der Waals surface area (Å²) in [6, 6.07) is 9.59. The highest BCUT2D eigenvalue weighted by Gasteiger charge is 2.30. The molecule has 0 saturated heterocycles. The van der Waals surface area contributed by atoms with E-state index in [2.05, 4.69) is 57.3 Å². The lowest BCUT2D eigenvalue weighted by Gasteiger charge is -2.36. The molecule has 1 N–H and O–H groups in total. The molecular formula is C17H27N. The Labute approximate surface area is 112 Å². The quantitative estimate of drug-likeness (QED) is 0.799. The minimum Gasteiger partial charge on any atom is -0.314 e. The van der Waals surface area contributed by atoms with Gasteiger partial charge in [-0.1, -0.05) is 52.0 Å². The minimum atomic E-state index is 0.661. The zero-order valence-corrected chi connectivity index (χ0v) is 12.2. The molecule has 0 aromatic heterocycles. The van der Waals surface area contributed by atoms with Gasteiger partial charge in [0, 0.05) is 6.04 Å². The first-order valence-corrected chi connectivity index (χ1v) is 7.44. The first-order chi connectivity index (χ1) is 8.63. The van der Waals surface area contributed by atoms with E-state index in [0.29, 0.717) is 6.04 Å². The Kier molecular flexibility index (Phi) is 4.45. The first kappa shape index (κ1) is 13.6. The number of hydrogen-bond acceptors (Lipinski definition) is 1. The van der Waals surface area contributed by atoms with Crippen molar-refractivity contribution in [2.24, 2.45) is 11.8 Å². The van der Waals surface area contributed by atoms with Gasteiger partial charge in [0.2, 0.25) is 0 Å². The molecule has 0 radical (unpaired) electrons. The third-order valence-corrected chi connectivity index (χ3v) is 4.65. The zero-order valence-electron chi connectivity index (χ0n) is 12.2. The van der Waals surface area contributed by atoms with Gasteiger partial charge in [0.05, 0.1) is 0 Å². The summed E-state index contributed by atoms with van der Waals surface area (Å²) in [4.78, 5) is 0. The van der Waals surface area contributed by atoms with E-state index in [1.807, 2.05) is 0 Å². The van der Waals surface area contributed by atoms with E-state index in [0.717, 1.165) is 24.3 Å². The average molecular weight is 245 g/mol. The van der Waals surface area contributed by atoms with Gasteiger partial charge in [0.15, 0.2) is 0 Å². The van der Waals surface area contributed by atoms with Crippen LogP contribution in [0.5, 0.6) is 0 Å². The van der Waals surface area contributed by atoms with Gasteiger partial charge < -0.3 is 5.32 Å². The van der Waals surface area contributed by atoms with Crippen LogP contribution in [0.3, 0.4) is 0 Å². The smallest absolute Gasteiger partial charge is 0.0101 e. The second kappa shape index (κ2) is 5.88. The van der Waals surface area contributed by atoms with Gasteiger partial charge in [-0.3, -0.25) is 0 Å². The average Bonchev–Trinajstić information content (AvgIpc) is 2.33. The number of hydrogen-bond donors (Lipinski definition) is 1. The van der Waals surface area contributed by atoms with Crippen LogP contribution in [0, 0.1) is 11.8 Å². The van der Waals surface area contributed by atoms with Crippen molar-refractivity contribution in [1.82, 2.24) is 5.32 Å². The van der Waals surface area contributed by atoms with Crippen molar-refractivity contribution in [3.63, 3.8) is 0 Å². The molecule has 0 heterocycles. The molecule has 18 heavy (non-hydrogen) atoms. The SMILES string of the molecule is CCNC(CC1Cc2ccccc21)C(C)C(C)C. The molecule has 100 valence electrons. The summed E-state index contributed by atoms with van der Waals surface area (Å²) in [6.07, 6.45) is 2.58. The number of nitrogens with one attached hydrogen (secondary N) is 1. The summed E-state index contributed by atoms with van der Waals surface area (Å²) >= 11 is 0. The van der Waals surface area contributed by atoms with Crippen molar-refractivity contribution >= 4 is 0 Å². The van der Waals surface area contributed by atoms with Crippen LogP contribution < -0.4 is 5.32 Å². The van der Waals surface area contributed by atoms with Crippen LogP contribution in [0.25, 0.3) is 0 Å². The van der Waals surface area contributed by atoms with E-state index >= 15 is 0 Å². The maximum atomic E-state index is 3.69. The maximum Gasteiger partial charge on any atom is 0.0101 e. The molecule has 1 aliphatic carbocycles. The summed E-state index contributed by atoms with van der Waals surface area (Å²) in [6.45, 7) is 10.4. The van der Waals surface area contributed by atoms with Crippen LogP contribution >= 0.6 is 0 Å². The van der Waals surface area contributed by atoms with Crippen molar-refractivity contribution in [1.29, 1.82) is 0 Å². The normalized spacial score (nSPS) is 21.3. The summed E-state index contributed by atoms with van der Waals surface area (Å²) in [7, 11) is 0. The molecule has 1 aliphatic rings. The predicted molar refractivity (Wildman–Crippen MR) is 79.0 cm³/mol. The molecule has 0 amide bonds. The Hall–Kier alpha value is -0.820. The van der Waals surface area contributed by atoms with Gasteiger partial charge in [-0.15, -0.1) is 0 Å². The fraction of sp³-hybridized carbons (Fsp3) is 0.647. The summed E-state index contributed by atoms with van der Waals surface area (Å²) in [5.41, 5.74) is 3.16. The summed E-state index contributed by atoms with van der Waals surface area (Å²) in [5, 5.41) is 3.69. The molecule has 0 fully saturated rings. The van der Waals surface area contributed by atoms with E-state index in [-0.39, 0.29) is 0 Å². The van der Waals surface area contributed by atoms with Gasteiger partial charge in [-0.2, -0.15) is 0 Å². The summed E-state index contributed by atoms with van der Waals surface area (Å²) < 4.78 is 0. The minimum absolute atomic E-state index is 0.661. The molecule has 3 atom stereocenters. The van der Waals surface area contributed by atoms with E-state index in [4.69, 9.17) is 0 Å². The van der Waals surface area contributed by atoms with Gasteiger partial charge in [0.1, 0.15) is 0 Å². The molecule has 1 nitrogen and oxygen atoms in total. The second-order valence-electron chi connectivity index (χ2n) is 6.10. The Balaban J connectivity index is 1.99. The number of fused-ring (bicyclic) bond motifs is 1. The van der Waals surface area contributed by atoms with Gasteiger partial charge >= 0.3 is 0 Å². The third-order valence-electron chi connectivity index (χ3n) is 4.65. The molecule has 0 aliphatic heterocycles. The Morgan fingerprint density at radius 3 is 2.56 bits per heavy atom. The van der Waals surface area contributed by atoms with E-state index in [9.17, 15) is 0 Å². The topological polar surface area (TPSA) is 12.0 Å². The molecule has 0 saturated carbocycles. The highest BCUT2D eigenvalue weighted by molar-refractivity contribution is 5.39. The molecule has 0 spiro atoms. The molecule has 3 unspecified atom stereocenters. The maximum absolute atomic E-state index is 3.69. The highest BCUT2D eigenvalue weighted by Crippen LogP contribution is 2.39. The summed E-state index contributed by atoms with van der Waals surface area (Å²) in [5.74, 6) is 2.29. The molecule has 0 bridgehead atoms. The van der Waals surface area contributed by atoms with Gasteiger partial charge in [-0.25, -0.2) is 0 Å². The Morgan fingerprint density at radius 1 is 1.22 bits per heavy atom. The van der Waals surface area contributed by atoms with Gasteiger partial charge in [-0.05, 0) is 48.3 Å². The molecule has 1 aromatic rings. The lowest BCUT2D eigenvalue weighted by atomic mass is 9.72. The Bertz CT molecular complexity index is 383. The number of benzene rings is 1. The fourth-order valence-corrected chi connectivity index (χ4v) is 3.09. The van der Waals surface area contributed by atoms with Crippen molar-refractivity contribution < 1.29 is 0 Å². The molecule has 2 rings (SSSR count). The fourth-order valence-electron chi connectivity index (χ4n) is 3.09. The van der Waals surface area contributed by atoms with Crippen LogP contribution in [-0.2, 0) is 6.42 Å². The predicted octanol–water partition coefficient (Wildman–Crippen LogP) is 3.99. The van der Waals surface area contributed by atoms with Crippen LogP contribution in [-0.4, -0.2) is 12.6 Å². The van der Waals surface area contributed by atoms with Crippen LogP contribution in [0.2, 0.25) is 0 Å². The van der Waals surface area contributed by atoms with Crippen molar-refractivity contribution in [3.05, 3.63) is 35.4 Å². The molecule has 1 heteroatoms. The van der Waals surface area contributed by atoms with E-state index in [1.165, 1.54) is 12.8 Å². The van der Waals surface area contributed by atoms with Crippen LogP contribution in [0.1, 0.15) is 51.2 Å². The van der Waals surface area contributed by atoms with E-state index < -0.39 is 0 Å². The highest BCUT2D eigenvalue weighted by atomic mass is 14.9. The Morgan fingerprint density at radius 2 is 1.94 bits per heavy atom. The number of rotatable bonds is 6. The second-order valence-corrected chi connectivity index (χ2v) is 6.10. The lowest BCUT2D eigenvalue weighted by molar-refractivity contribution is 0.269. The standard InChI is InChI=1S/C17H27N/c1-5-18-17(13(4)12(2)3)11-15-10-14-8-6-7-9-16(14)15/h6-9,12-13,15,17-18H,5,10-11H2,1-4H3.